The van der Waals surface area contributed by atoms with Crippen molar-refractivity contribution < 1.29 is 18.7 Å². The predicted molar refractivity (Wildman–Crippen MR) is 136 cm³/mol. The lowest BCUT2D eigenvalue weighted by Gasteiger charge is -2.24. The zero-order valence-corrected chi connectivity index (χ0v) is 21.2. The average Bonchev–Trinajstić information content (AvgIpc) is 3.47. The first-order valence-electron chi connectivity index (χ1n) is 11.6. The molecule has 0 aliphatic heterocycles. The molecule has 1 atom stereocenters. The van der Waals surface area contributed by atoms with E-state index in [0.29, 0.717) is 30.8 Å². The second-order valence-corrected chi connectivity index (χ2v) is 9.39. The van der Waals surface area contributed by atoms with Crippen LogP contribution in [0.4, 0.5) is 14.7 Å². The molecule has 4 aromatic rings. The van der Waals surface area contributed by atoms with Crippen molar-refractivity contribution in [2.75, 3.05) is 12.8 Å². The number of aryl methyl sites for hydroxylation is 1. The maximum atomic E-state index is 14.1. The number of fused-ring (bicyclic) bond motifs is 3. The Kier molecular flexibility index (Phi) is 8.08. The van der Waals surface area contributed by atoms with E-state index in [2.05, 4.69) is 33.0 Å². The fraction of sp³-hybridized carbons (Fsp3) is 0.400. The Hall–Kier alpha value is -4.11. The fourth-order valence-electron chi connectivity index (χ4n) is 3.90. The molecule has 0 aliphatic carbocycles. The lowest BCUT2D eigenvalue weighted by Crippen LogP contribution is -2.35. The molecule has 0 bridgehead atoms. The zero-order chi connectivity index (χ0) is 27.5. The van der Waals surface area contributed by atoms with Crippen molar-refractivity contribution in [3.63, 3.8) is 0 Å². The largest absolute Gasteiger partial charge is 0.389 e. The molecule has 1 aromatic carbocycles. The van der Waals surface area contributed by atoms with Crippen LogP contribution in [0.5, 0.6) is 0 Å². The molecule has 3 aromatic heterocycles. The zero-order valence-electron chi connectivity index (χ0n) is 21.2. The summed E-state index contributed by atoms with van der Waals surface area (Å²) < 4.78 is 30.7. The molecule has 0 aliphatic rings. The van der Waals surface area contributed by atoms with E-state index in [9.17, 15) is 18.7 Å². The van der Waals surface area contributed by atoms with Gasteiger partial charge in [-0.25, -0.2) is 18.7 Å². The monoisotopic (exact) mass is 512 g/mol. The molecular formula is C25H30F2N8O2. The Morgan fingerprint density at radius 2 is 1.95 bits per heavy atom. The third-order valence-electron chi connectivity index (χ3n) is 5.78. The number of aliphatic hydroxyl groups is 1. The molecule has 3 heterocycles. The Labute approximate surface area is 213 Å². The molecule has 0 unspecified atom stereocenters. The highest BCUT2D eigenvalue weighted by Crippen LogP contribution is 2.24. The third kappa shape index (κ3) is 6.18. The van der Waals surface area contributed by atoms with Crippen molar-refractivity contribution in [3.05, 3.63) is 47.5 Å². The maximum absolute atomic E-state index is 14.1. The molecule has 1 amide bonds. The van der Waals surface area contributed by atoms with Gasteiger partial charge in [-0.3, -0.25) is 9.48 Å². The SMILES string of the molecule is C#C.C[C@@H](CCCc1nc2c3cc(F)cc(F)c3nc(N)n2n1)N(C)C(=O)c1ccn(CC(C)(C)O)n1. The number of hydrogen-bond acceptors (Lipinski definition) is 7. The number of aromatic nitrogens is 6. The van der Waals surface area contributed by atoms with E-state index >= 15 is 0 Å². The van der Waals surface area contributed by atoms with Crippen LogP contribution in [0.2, 0.25) is 0 Å². The van der Waals surface area contributed by atoms with Gasteiger partial charge < -0.3 is 15.7 Å². The Balaban J connectivity index is 0.00000186. The highest BCUT2D eigenvalue weighted by atomic mass is 19.1. The van der Waals surface area contributed by atoms with Gasteiger partial charge in [-0.15, -0.1) is 17.9 Å². The first-order valence-corrected chi connectivity index (χ1v) is 11.6. The standard InChI is InChI=1S/C23H28F2N8O2.C2H2/c1-13(31(4)21(34)17-8-9-32(29-17)12-23(2,3)35)6-5-7-18-27-20-15-10-14(24)11-16(25)19(15)28-22(26)33(20)30-18;1-2/h8-11,13,35H,5-7,12H2,1-4H3,(H2,26,28);1-2H/t13-;/m0./s1. The number of amides is 1. The average molecular weight is 513 g/mol. The number of nitrogen functional groups attached to an aromatic ring is 1. The van der Waals surface area contributed by atoms with Crippen LogP contribution in [-0.2, 0) is 13.0 Å². The number of anilines is 1. The van der Waals surface area contributed by atoms with E-state index in [1.807, 2.05) is 6.92 Å². The molecule has 0 saturated carbocycles. The summed E-state index contributed by atoms with van der Waals surface area (Å²) in [5.41, 5.74) is 5.45. The van der Waals surface area contributed by atoms with Crippen molar-refractivity contribution in [2.45, 2.75) is 58.2 Å². The van der Waals surface area contributed by atoms with E-state index in [-0.39, 0.29) is 41.0 Å². The van der Waals surface area contributed by atoms with Gasteiger partial charge in [0.2, 0.25) is 5.95 Å². The van der Waals surface area contributed by atoms with Crippen molar-refractivity contribution in [1.82, 2.24) is 34.3 Å². The van der Waals surface area contributed by atoms with Crippen molar-refractivity contribution in [1.29, 1.82) is 0 Å². The molecule has 12 heteroatoms. The summed E-state index contributed by atoms with van der Waals surface area (Å²) in [6.07, 6.45) is 11.5. The van der Waals surface area contributed by atoms with E-state index in [1.165, 1.54) is 4.52 Å². The van der Waals surface area contributed by atoms with E-state index < -0.39 is 17.2 Å². The molecule has 196 valence electrons. The number of nitrogens with zero attached hydrogens (tertiary/aromatic N) is 7. The maximum Gasteiger partial charge on any atom is 0.274 e. The molecule has 4 rings (SSSR count). The lowest BCUT2D eigenvalue weighted by molar-refractivity contribution is 0.0568. The minimum atomic E-state index is -0.938. The number of rotatable bonds is 8. The summed E-state index contributed by atoms with van der Waals surface area (Å²) in [7, 11) is 1.72. The number of hydrogen-bond donors (Lipinski definition) is 2. The fourth-order valence-corrected chi connectivity index (χ4v) is 3.90. The number of halogens is 2. The van der Waals surface area contributed by atoms with E-state index in [1.54, 1.807) is 42.7 Å². The number of carbonyl (C=O) groups excluding carboxylic acids is 1. The Bertz CT molecular complexity index is 1440. The second kappa shape index (κ2) is 10.9. The van der Waals surface area contributed by atoms with Crippen LogP contribution >= 0.6 is 0 Å². The second-order valence-electron chi connectivity index (χ2n) is 9.39. The van der Waals surface area contributed by atoms with Crippen LogP contribution < -0.4 is 5.73 Å². The summed E-state index contributed by atoms with van der Waals surface area (Å²) in [6, 6.07) is 3.45. The van der Waals surface area contributed by atoms with Crippen LogP contribution in [-0.4, -0.2) is 64.0 Å². The van der Waals surface area contributed by atoms with E-state index in [0.717, 1.165) is 12.1 Å². The summed E-state index contributed by atoms with van der Waals surface area (Å²) in [4.78, 5) is 22.8. The van der Waals surface area contributed by atoms with Crippen LogP contribution in [0.25, 0.3) is 16.6 Å². The van der Waals surface area contributed by atoms with Gasteiger partial charge in [0, 0.05) is 31.8 Å². The van der Waals surface area contributed by atoms with Crippen LogP contribution in [0, 0.1) is 24.5 Å². The lowest BCUT2D eigenvalue weighted by atomic mass is 10.1. The molecule has 3 N–H and O–H groups in total. The smallest absolute Gasteiger partial charge is 0.274 e. The highest BCUT2D eigenvalue weighted by molar-refractivity contribution is 5.93. The quantitative estimate of drug-likeness (QED) is 0.348. The summed E-state index contributed by atoms with van der Waals surface area (Å²) >= 11 is 0. The molecule has 0 fully saturated rings. The minimum Gasteiger partial charge on any atom is -0.389 e. The van der Waals surface area contributed by atoms with Crippen molar-refractivity contribution in [3.8, 4) is 12.8 Å². The summed E-state index contributed by atoms with van der Waals surface area (Å²) in [6.45, 7) is 5.56. The predicted octanol–water partition coefficient (Wildman–Crippen LogP) is 2.84. The van der Waals surface area contributed by atoms with E-state index in [4.69, 9.17) is 5.73 Å². The van der Waals surface area contributed by atoms with Crippen LogP contribution in [0.1, 0.15) is 49.9 Å². The first-order chi connectivity index (χ1) is 17.4. The van der Waals surface area contributed by atoms with Gasteiger partial charge in [0.1, 0.15) is 17.0 Å². The number of carbonyl (C=O) groups is 1. The highest BCUT2D eigenvalue weighted by Gasteiger charge is 2.22. The number of nitrogens with two attached hydrogens (primary N) is 1. The minimum absolute atomic E-state index is 0.0421. The van der Waals surface area contributed by atoms with Crippen molar-refractivity contribution in [2.24, 2.45) is 0 Å². The van der Waals surface area contributed by atoms with Gasteiger partial charge in [0.25, 0.3) is 5.91 Å². The Morgan fingerprint density at radius 1 is 1.24 bits per heavy atom. The first kappa shape index (κ1) is 27.5. The van der Waals surface area contributed by atoms with Crippen LogP contribution in [0.3, 0.4) is 0 Å². The van der Waals surface area contributed by atoms with Gasteiger partial charge in [-0.2, -0.15) is 9.61 Å². The number of terminal acetylenes is 1. The molecule has 10 nitrogen and oxygen atoms in total. The normalized spacial score (nSPS) is 12.4. The van der Waals surface area contributed by atoms with Crippen LogP contribution in [0.15, 0.2) is 24.4 Å². The van der Waals surface area contributed by atoms with Crippen molar-refractivity contribution >= 4 is 28.4 Å². The van der Waals surface area contributed by atoms with Gasteiger partial charge in [-0.05, 0) is 45.7 Å². The third-order valence-corrected chi connectivity index (χ3v) is 5.78. The Morgan fingerprint density at radius 3 is 2.62 bits per heavy atom. The number of benzene rings is 1. The van der Waals surface area contributed by atoms with Gasteiger partial charge in [-0.1, -0.05) is 0 Å². The molecule has 0 spiro atoms. The van der Waals surface area contributed by atoms with Gasteiger partial charge >= 0.3 is 0 Å². The summed E-state index contributed by atoms with van der Waals surface area (Å²) in [5.74, 6) is -1.35. The summed E-state index contributed by atoms with van der Waals surface area (Å²) in [5, 5.41) is 18.7. The van der Waals surface area contributed by atoms with Gasteiger partial charge in [0.05, 0.1) is 17.5 Å². The molecule has 0 radical (unpaired) electrons. The molecular weight excluding hydrogens is 482 g/mol. The molecule has 37 heavy (non-hydrogen) atoms. The van der Waals surface area contributed by atoms with Gasteiger partial charge in [0.15, 0.2) is 17.3 Å². The molecule has 0 saturated heterocycles. The topological polar surface area (TPSA) is 127 Å².